The van der Waals surface area contributed by atoms with Crippen LogP contribution < -0.4 is 0 Å². The summed E-state index contributed by atoms with van der Waals surface area (Å²) in [5.74, 6) is -0.468. The van der Waals surface area contributed by atoms with Crippen molar-refractivity contribution in [2.24, 2.45) is 0 Å². The zero-order valence-electron chi connectivity index (χ0n) is 12.4. The van der Waals surface area contributed by atoms with E-state index in [4.69, 9.17) is 9.47 Å². The number of hydrogen-bond acceptors (Lipinski definition) is 5. The van der Waals surface area contributed by atoms with Crippen molar-refractivity contribution in [3.63, 3.8) is 0 Å². The van der Waals surface area contributed by atoms with Crippen molar-refractivity contribution in [1.82, 2.24) is 14.9 Å². The lowest BCUT2D eigenvalue weighted by molar-refractivity contribution is -0.147. The topological polar surface area (TPSA) is 84.5 Å². The largest absolute Gasteiger partial charge is 0.467 e. The highest BCUT2D eigenvalue weighted by molar-refractivity contribution is 14.1. The molecule has 0 aromatic carbocycles. The first-order valence-corrected chi connectivity index (χ1v) is 7.60. The third-order valence-electron chi connectivity index (χ3n) is 3.03. The molecule has 1 N–H and O–H groups in total. The van der Waals surface area contributed by atoms with Gasteiger partial charge in [-0.2, -0.15) is 0 Å². The van der Waals surface area contributed by atoms with Gasteiger partial charge < -0.3 is 14.5 Å². The van der Waals surface area contributed by atoms with Crippen molar-refractivity contribution in [2.45, 2.75) is 45.4 Å². The highest BCUT2D eigenvalue weighted by Crippen LogP contribution is 2.25. The van der Waals surface area contributed by atoms with E-state index in [0.717, 1.165) is 15.2 Å². The minimum absolute atomic E-state index is 0.250. The van der Waals surface area contributed by atoms with E-state index in [2.05, 4.69) is 32.6 Å². The fourth-order valence-corrected chi connectivity index (χ4v) is 2.76. The number of imidazole rings is 1. The minimum Gasteiger partial charge on any atom is -0.467 e. The summed E-state index contributed by atoms with van der Waals surface area (Å²) < 4.78 is 10.9. The number of esters is 1. The lowest BCUT2D eigenvalue weighted by atomic mass is 10.0. The summed E-state index contributed by atoms with van der Waals surface area (Å²) in [4.78, 5) is 33.1. The number of rotatable bonds is 1. The van der Waals surface area contributed by atoms with Crippen LogP contribution in [0.25, 0.3) is 0 Å². The standard InChI is InChI=1S/C13H18IN3O4/c1-13(2,3)21-12(19)17-6-8-7(15-11(14)16-8)5-9(17)10(18)20-4/h9H,5-6H2,1-4H3,(H,15,16). The number of aromatic nitrogens is 2. The molecule has 0 radical (unpaired) electrons. The molecule has 0 saturated heterocycles. The Labute approximate surface area is 136 Å². The molecule has 1 aromatic rings. The van der Waals surface area contributed by atoms with Crippen LogP contribution in [0, 0.1) is 3.83 Å². The Morgan fingerprint density at radius 3 is 2.67 bits per heavy atom. The van der Waals surface area contributed by atoms with Crippen molar-refractivity contribution in [1.29, 1.82) is 0 Å². The van der Waals surface area contributed by atoms with Gasteiger partial charge in [0.1, 0.15) is 11.6 Å². The molecule has 0 saturated carbocycles. The van der Waals surface area contributed by atoms with E-state index in [0.29, 0.717) is 6.42 Å². The van der Waals surface area contributed by atoms with Crippen LogP contribution in [0.1, 0.15) is 32.2 Å². The number of halogens is 1. The SMILES string of the molecule is COC(=O)C1Cc2nc(I)[nH]c2CN1C(=O)OC(C)(C)C. The Balaban J connectivity index is 2.28. The molecule has 0 aliphatic carbocycles. The van der Waals surface area contributed by atoms with Crippen LogP contribution in [0.3, 0.4) is 0 Å². The quantitative estimate of drug-likeness (QED) is 0.568. The van der Waals surface area contributed by atoms with Gasteiger partial charge >= 0.3 is 12.1 Å². The van der Waals surface area contributed by atoms with Crippen LogP contribution in [-0.4, -0.2) is 45.7 Å². The van der Waals surface area contributed by atoms with Gasteiger partial charge in [-0.25, -0.2) is 14.6 Å². The summed E-state index contributed by atoms with van der Waals surface area (Å²) >= 11 is 2.06. The first kappa shape index (κ1) is 16.1. The van der Waals surface area contributed by atoms with Crippen LogP contribution in [0.5, 0.6) is 0 Å². The smallest absolute Gasteiger partial charge is 0.411 e. The number of carbonyl (C=O) groups is 2. The molecule has 0 bridgehead atoms. The van der Waals surface area contributed by atoms with Crippen molar-refractivity contribution >= 4 is 34.7 Å². The summed E-state index contributed by atoms with van der Waals surface area (Å²) in [7, 11) is 1.30. The summed E-state index contributed by atoms with van der Waals surface area (Å²) in [6.07, 6.45) is -0.214. The number of aromatic amines is 1. The fourth-order valence-electron chi connectivity index (χ4n) is 2.14. The van der Waals surface area contributed by atoms with Gasteiger partial charge in [0.05, 0.1) is 25.0 Å². The molecule has 1 atom stereocenters. The molecule has 0 fully saturated rings. The van der Waals surface area contributed by atoms with E-state index in [1.165, 1.54) is 12.0 Å². The van der Waals surface area contributed by atoms with E-state index < -0.39 is 23.7 Å². The van der Waals surface area contributed by atoms with Gasteiger partial charge in [0.2, 0.25) is 0 Å². The number of carbonyl (C=O) groups excluding carboxylic acids is 2. The number of H-pyrrole nitrogens is 1. The molecule has 1 aliphatic rings. The molecular weight excluding hydrogens is 389 g/mol. The Kier molecular flexibility index (Phi) is 4.45. The average molecular weight is 407 g/mol. The molecule has 0 spiro atoms. The number of methoxy groups -OCH3 is 1. The maximum atomic E-state index is 12.3. The van der Waals surface area contributed by atoms with Gasteiger partial charge in [-0.1, -0.05) is 0 Å². The Morgan fingerprint density at radius 1 is 1.43 bits per heavy atom. The zero-order valence-corrected chi connectivity index (χ0v) is 14.6. The fraction of sp³-hybridized carbons (Fsp3) is 0.615. The summed E-state index contributed by atoms with van der Waals surface area (Å²) in [5.41, 5.74) is 0.987. The molecule has 116 valence electrons. The molecule has 1 aliphatic heterocycles. The average Bonchev–Trinajstić information content (AvgIpc) is 2.73. The molecule has 2 rings (SSSR count). The summed E-state index contributed by atoms with van der Waals surface area (Å²) in [5, 5.41) is 0. The first-order chi connectivity index (χ1) is 9.71. The lowest BCUT2D eigenvalue weighted by Crippen LogP contribution is -2.50. The second-order valence-corrected chi connectivity index (χ2v) is 6.83. The Morgan fingerprint density at radius 2 is 2.10 bits per heavy atom. The highest BCUT2D eigenvalue weighted by Gasteiger charge is 2.39. The monoisotopic (exact) mass is 407 g/mol. The Hall–Kier alpha value is -1.32. The highest BCUT2D eigenvalue weighted by atomic mass is 127. The number of nitrogens with zero attached hydrogens (tertiary/aromatic N) is 2. The summed E-state index contributed by atoms with van der Waals surface area (Å²) in [6, 6.07) is -0.712. The van der Waals surface area contributed by atoms with E-state index >= 15 is 0 Å². The van der Waals surface area contributed by atoms with Gasteiger partial charge in [-0.3, -0.25) is 4.90 Å². The van der Waals surface area contributed by atoms with Crippen molar-refractivity contribution in [3.8, 4) is 0 Å². The minimum atomic E-state index is -0.712. The zero-order chi connectivity index (χ0) is 15.8. The van der Waals surface area contributed by atoms with Crippen LogP contribution in [0.2, 0.25) is 0 Å². The second kappa shape index (κ2) is 5.82. The van der Waals surface area contributed by atoms with Crippen molar-refractivity contribution in [2.75, 3.05) is 7.11 Å². The van der Waals surface area contributed by atoms with Gasteiger partial charge in [-0.05, 0) is 43.4 Å². The normalized spacial score (nSPS) is 18.1. The van der Waals surface area contributed by atoms with E-state index in [9.17, 15) is 9.59 Å². The van der Waals surface area contributed by atoms with Crippen molar-refractivity contribution < 1.29 is 19.1 Å². The second-order valence-electron chi connectivity index (χ2n) is 5.80. The van der Waals surface area contributed by atoms with Crippen LogP contribution in [-0.2, 0) is 27.2 Å². The summed E-state index contributed by atoms with van der Waals surface area (Å²) in [6.45, 7) is 5.60. The predicted octanol–water partition coefficient (Wildman–Crippen LogP) is 1.85. The third-order valence-corrected chi connectivity index (χ3v) is 3.54. The maximum Gasteiger partial charge on any atom is 0.411 e. The van der Waals surface area contributed by atoms with Gasteiger partial charge in [0, 0.05) is 6.42 Å². The lowest BCUT2D eigenvalue weighted by Gasteiger charge is -2.34. The molecule has 1 amide bonds. The van der Waals surface area contributed by atoms with E-state index in [1.807, 2.05) is 0 Å². The van der Waals surface area contributed by atoms with Gasteiger partial charge in [0.15, 0.2) is 3.83 Å². The molecule has 21 heavy (non-hydrogen) atoms. The number of hydrogen-bond donors (Lipinski definition) is 1. The number of nitrogens with one attached hydrogen (secondary N) is 1. The maximum absolute atomic E-state index is 12.3. The third kappa shape index (κ3) is 3.66. The molecule has 1 unspecified atom stereocenters. The predicted molar refractivity (Wildman–Crippen MR) is 82.6 cm³/mol. The molecule has 2 heterocycles. The van der Waals surface area contributed by atoms with Gasteiger partial charge in [-0.15, -0.1) is 0 Å². The number of amides is 1. The van der Waals surface area contributed by atoms with Crippen molar-refractivity contribution in [3.05, 3.63) is 15.2 Å². The Bertz CT molecular complexity index is 564. The molecular formula is C13H18IN3O4. The molecule has 7 nitrogen and oxygen atoms in total. The van der Waals surface area contributed by atoms with Gasteiger partial charge in [0.25, 0.3) is 0 Å². The van der Waals surface area contributed by atoms with Crippen LogP contribution >= 0.6 is 22.6 Å². The number of fused-ring (bicyclic) bond motifs is 1. The van der Waals surface area contributed by atoms with Crippen LogP contribution in [0.15, 0.2) is 0 Å². The van der Waals surface area contributed by atoms with E-state index in [1.54, 1.807) is 20.8 Å². The molecule has 1 aromatic heterocycles. The van der Waals surface area contributed by atoms with E-state index in [-0.39, 0.29) is 6.54 Å². The first-order valence-electron chi connectivity index (χ1n) is 6.52. The molecule has 8 heteroatoms. The van der Waals surface area contributed by atoms with Crippen LogP contribution in [0.4, 0.5) is 4.79 Å². The number of ether oxygens (including phenoxy) is 2.